The SMILES string of the molecule is Br[C@H]1CO[C@@H]2[CH-]CO[C@H]12.[W]. The number of ether oxygens (including phenoxy) is 2. The van der Waals surface area contributed by atoms with E-state index in [2.05, 4.69) is 22.4 Å². The fourth-order valence-corrected chi connectivity index (χ4v) is 1.87. The van der Waals surface area contributed by atoms with Crippen LogP contribution in [0.1, 0.15) is 0 Å². The third kappa shape index (κ3) is 1.47. The van der Waals surface area contributed by atoms with Crippen LogP contribution in [0, 0.1) is 6.42 Å². The smallest absolute Gasteiger partial charge is 0.0669 e. The number of hydrogen-bond acceptors (Lipinski definition) is 2. The van der Waals surface area contributed by atoms with Crippen LogP contribution in [0.5, 0.6) is 0 Å². The van der Waals surface area contributed by atoms with Crippen molar-refractivity contribution in [2.75, 3.05) is 13.2 Å². The Morgan fingerprint density at radius 1 is 1.40 bits per heavy atom. The molecule has 2 aliphatic rings. The molecule has 0 saturated carbocycles. The Bertz CT molecular complexity index is 122. The number of halogens is 1. The second-order valence-corrected chi connectivity index (χ2v) is 3.52. The van der Waals surface area contributed by atoms with Crippen LogP contribution in [0.25, 0.3) is 0 Å². The van der Waals surface area contributed by atoms with Gasteiger partial charge in [0.25, 0.3) is 0 Å². The molecule has 10 heavy (non-hydrogen) atoms. The van der Waals surface area contributed by atoms with Gasteiger partial charge in [-0.15, -0.1) is 0 Å². The summed E-state index contributed by atoms with van der Waals surface area (Å²) in [4.78, 5) is 0.404. The normalized spacial score (nSPS) is 44.7. The first-order valence-corrected chi connectivity index (χ1v) is 4.00. The first-order chi connectivity index (χ1) is 4.38. The van der Waals surface area contributed by atoms with Crippen LogP contribution in [-0.4, -0.2) is 30.2 Å². The largest absolute Gasteiger partial charge is 0.409 e. The van der Waals surface area contributed by atoms with Crippen molar-refractivity contribution in [3.63, 3.8) is 0 Å². The molecule has 0 aliphatic carbocycles. The van der Waals surface area contributed by atoms with E-state index in [1.807, 2.05) is 0 Å². The van der Waals surface area contributed by atoms with Gasteiger partial charge in [-0.1, -0.05) is 22.5 Å². The van der Waals surface area contributed by atoms with Crippen molar-refractivity contribution in [3.8, 4) is 0 Å². The topological polar surface area (TPSA) is 18.5 Å². The minimum Gasteiger partial charge on any atom is -0.409 e. The van der Waals surface area contributed by atoms with Gasteiger partial charge in [-0.25, -0.2) is 0 Å². The maximum absolute atomic E-state index is 5.36. The minimum atomic E-state index is 0. The van der Waals surface area contributed by atoms with Gasteiger partial charge in [0, 0.05) is 21.1 Å². The van der Waals surface area contributed by atoms with Gasteiger partial charge < -0.3 is 9.47 Å². The number of hydrogen-bond donors (Lipinski definition) is 0. The van der Waals surface area contributed by atoms with Gasteiger partial charge in [0.15, 0.2) is 0 Å². The minimum absolute atomic E-state index is 0. The molecule has 2 fully saturated rings. The predicted molar refractivity (Wildman–Crippen MR) is 36.5 cm³/mol. The van der Waals surface area contributed by atoms with E-state index in [1.165, 1.54) is 0 Å². The second-order valence-electron chi connectivity index (χ2n) is 2.35. The summed E-state index contributed by atoms with van der Waals surface area (Å²) < 4.78 is 10.7. The monoisotopic (exact) mass is 375 g/mol. The zero-order valence-corrected chi connectivity index (χ0v) is 9.85. The standard InChI is InChI=1S/C6H8BrO2.W/c7-4-3-9-5-1-2-8-6(4)5;/h1,4-6H,2-3H2;/q-1;/t4-,5+,6+;/m0./s1. The molecule has 0 spiro atoms. The van der Waals surface area contributed by atoms with E-state index in [4.69, 9.17) is 9.47 Å². The Hall–Kier alpha value is 1.09. The molecule has 2 aliphatic heterocycles. The van der Waals surface area contributed by atoms with E-state index in [0.29, 0.717) is 4.83 Å². The van der Waals surface area contributed by atoms with Crippen LogP contribution in [0.15, 0.2) is 0 Å². The maximum atomic E-state index is 5.36. The molecular formula is C6H8BrO2W-. The average Bonchev–Trinajstić information content (AvgIpc) is 2.35. The second kappa shape index (κ2) is 3.66. The molecular weight excluding hydrogens is 368 g/mol. The van der Waals surface area contributed by atoms with Crippen LogP contribution in [0.4, 0.5) is 0 Å². The van der Waals surface area contributed by atoms with Crippen molar-refractivity contribution in [3.05, 3.63) is 6.42 Å². The molecule has 2 saturated heterocycles. The molecule has 0 amide bonds. The molecule has 2 heterocycles. The van der Waals surface area contributed by atoms with Crippen LogP contribution in [-0.2, 0) is 30.5 Å². The summed E-state index contributed by atoms with van der Waals surface area (Å²) in [6.45, 7) is 1.53. The summed E-state index contributed by atoms with van der Waals surface area (Å²) in [6, 6.07) is 0. The van der Waals surface area contributed by atoms with Crippen molar-refractivity contribution in [1.29, 1.82) is 0 Å². The molecule has 0 bridgehead atoms. The zero-order chi connectivity index (χ0) is 6.27. The predicted octanol–water partition coefficient (Wildman–Crippen LogP) is 0.749. The summed E-state index contributed by atoms with van der Waals surface area (Å²) in [7, 11) is 0. The van der Waals surface area contributed by atoms with E-state index in [0.717, 1.165) is 13.2 Å². The van der Waals surface area contributed by atoms with Crippen molar-refractivity contribution < 1.29 is 30.5 Å². The molecule has 3 atom stereocenters. The van der Waals surface area contributed by atoms with Gasteiger partial charge in [-0.05, 0) is 6.10 Å². The Labute approximate surface area is 83.0 Å². The molecule has 0 N–H and O–H groups in total. The third-order valence-corrected chi connectivity index (χ3v) is 2.53. The molecule has 2 nitrogen and oxygen atoms in total. The van der Waals surface area contributed by atoms with Gasteiger partial charge >= 0.3 is 0 Å². The number of fused-ring (bicyclic) bond motifs is 1. The van der Waals surface area contributed by atoms with E-state index in [-0.39, 0.29) is 33.3 Å². The van der Waals surface area contributed by atoms with Gasteiger partial charge in [0.05, 0.1) is 17.5 Å². The fraction of sp³-hybridized carbons (Fsp3) is 0.833. The first kappa shape index (κ1) is 9.18. The van der Waals surface area contributed by atoms with Crippen LogP contribution in [0.2, 0.25) is 0 Å². The molecule has 58 valence electrons. The Morgan fingerprint density at radius 2 is 2.20 bits per heavy atom. The summed E-state index contributed by atoms with van der Waals surface area (Å²) in [5.74, 6) is 0. The molecule has 0 aromatic heterocycles. The quantitative estimate of drug-likeness (QED) is 0.459. The van der Waals surface area contributed by atoms with Gasteiger partial charge in [-0.2, -0.15) is 0 Å². The van der Waals surface area contributed by atoms with Gasteiger partial charge in [-0.3, -0.25) is 6.42 Å². The van der Waals surface area contributed by atoms with Crippen molar-refractivity contribution in [2.24, 2.45) is 0 Å². The average molecular weight is 376 g/mol. The molecule has 2 rings (SSSR count). The summed E-state index contributed by atoms with van der Waals surface area (Å²) >= 11 is 3.48. The van der Waals surface area contributed by atoms with Crippen molar-refractivity contribution >= 4 is 15.9 Å². The van der Waals surface area contributed by atoms with E-state index in [9.17, 15) is 0 Å². The van der Waals surface area contributed by atoms with Crippen molar-refractivity contribution in [1.82, 2.24) is 0 Å². The maximum Gasteiger partial charge on any atom is 0.0669 e. The van der Waals surface area contributed by atoms with Gasteiger partial charge in [0.1, 0.15) is 0 Å². The first-order valence-electron chi connectivity index (χ1n) is 3.08. The zero-order valence-electron chi connectivity index (χ0n) is 5.33. The molecule has 0 radical (unpaired) electrons. The molecule has 0 aromatic carbocycles. The Balaban J connectivity index is 0.000000500. The van der Waals surface area contributed by atoms with Crippen LogP contribution < -0.4 is 0 Å². The molecule has 4 heteroatoms. The van der Waals surface area contributed by atoms with E-state index in [1.54, 1.807) is 0 Å². The summed E-state index contributed by atoms with van der Waals surface area (Å²) in [5, 5.41) is 0. The summed E-state index contributed by atoms with van der Waals surface area (Å²) in [5.41, 5.74) is 0. The van der Waals surface area contributed by atoms with Crippen molar-refractivity contribution in [2.45, 2.75) is 17.0 Å². The number of rotatable bonds is 0. The Morgan fingerprint density at radius 3 is 2.90 bits per heavy atom. The van der Waals surface area contributed by atoms with E-state index >= 15 is 0 Å². The summed E-state index contributed by atoms with van der Waals surface area (Å²) in [6.07, 6.45) is 2.62. The van der Waals surface area contributed by atoms with E-state index < -0.39 is 0 Å². The third-order valence-electron chi connectivity index (χ3n) is 1.75. The fourth-order valence-electron chi connectivity index (χ4n) is 1.26. The van der Waals surface area contributed by atoms with Crippen LogP contribution >= 0.6 is 15.9 Å². The Kier molecular flexibility index (Phi) is 3.36. The molecule has 0 aromatic rings. The number of alkyl halides is 1. The van der Waals surface area contributed by atoms with Crippen LogP contribution in [0.3, 0.4) is 0 Å². The van der Waals surface area contributed by atoms with Gasteiger partial charge in [0.2, 0.25) is 0 Å². The molecule has 0 unspecified atom stereocenters.